The van der Waals surface area contributed by atoms with Gasteiger partial charge in [-0.1, -0.05) is 47.8 Å². The molecule has 3 aromatic carbocycles. The number of halogens is 9. The second-order valence-corrected chi connectivity index (χ2v) is 7.51. The average molecular weight is 823 g/mol. The molecule has 0 spiro atoms. The molecule has 11 heteroatoms. The van der Waals surface area contributed by atoms with Crippen molar-refractivity contribution in [3.63, 3.8) is 0 Å². The minimum atomic E-state index is 0. The standard InChI is InChI=1S/C18H12Br3N.6ClH.Sb/c19-13-1-7-16(8-2-13)22(17-9-3-14(20)4-10-17)18-11-5-15(21)6-12-18;;;;;;;/h1-12H;6*1H;. The van der Waals surface area contributed by atoms with Crippen LogP contribution in [0, 0.1) is 0 Å². The molecule has 29 heavy (non-hydrogen) atoms. The van der Waals surface area contributed by atoms with Gasteiger partial charge in [-0.3, -0.25) is 0 Å². The Hall–Kier alpha value is 1.46. The van der Waals surface area contributed by atoms with E-state index in [0.717, 1.165) is 30.5 Å². The predicted molar refractivity (Wildman–Crippen MR) is 153 cm³/mol. The van der Waals surface area contributed by atoms with Gasteiger partial charge in [0.2, 0.25) is 0 Å². The SMILES string of the molecule is Brc1ccc(N(c2ccc(Br)cc2)c2ccc(Br)cc2)cc1.Cl.Cl.Cl.Cl.Cl.Cl.[Sb]. The molecule has 3 aromatic rings. The zero-order valence-corrected chi connectivity index (χ0v) is 26.6. The summed E-state index contributed by atoms with van der Waals surface area (Å²) in [4.78, 5) is 2.23. The molecule has 163 valence electrons. The van der Waals surface area contributed by atoms with Crippen LogP contribution in [-0.4, -0.2) is 24.4 Å². The van der Waals surface area contributed by atoms with E-state index in [9.17, 15) is 0 Å². The molecule has 3 rings (SSSR count). The zero-order chi connectivity index (χ0) is 15.5. The largest absolute Gasteiger partial charge is 0.311 e. The molecular formula is C18H18Br3Cl6NSb. The predicted octanol–water partition coefficient (Wildman–Crippen LogP) is 9.59. The van der Waals surface area contributed by atoms with Crippen LogP contribution in [-0.2, 0) is 0 Å². The van der Waals surface area contributed by atoms with Crippen molar-refractivity contribution in [3.8, 4) is 0 Å². The Morgan fingerprint density at radius 2 is 0.552 bits per heavy atom. The van der Waals surface area contributed by atoms with Gasteiger partial charge in [0.25, 0.3) is 0 Å². The van der Waals surface area contributed by atoms with Crippen molar-refractivity contribution in [1.82, 2.24) is 0 Å². The third-order valence-electron chi connectivity index (χ3n) is 3.25. The summed E-state index contributed by atoms with van der Waals surface area (Å²) in [6.45, 7) is 0. The van der Waals surface area contributed by atoms with Crippen molar-refractivity contribution in [1.29, 1.82) is 0 Å². The monoisotopic (exact) mass is 816 g/mol. The molecule has 0 bridgehead atoms. The summed E-state index contributed by atoms with van der Waals surface area (Å²) in [5, 5.41) is 0. The second-order valence-electron chi connectivity index (χ2n) is 4.76. The number of nitrogens with zero attached hydrogens (tertiary/aromatic N) is 1. The van der Waals surface area contributed by atoms with Crippen molar-refractivity contribution in [2.24, 2.45) is 0 Å². The van der Waals surface area contributed by atoms with Gasteiger partial charge < -0.3 is 4.90 Å². The van der Waals surface area contributed by atoms with E-state index in [1.807, 2.05) is 0 Å². The van der Waals surface area contributed by atoms with E-state index in [2.05, 4.69) is 125 Å². The first-order valence-corrected chi connectivity index (χ1v) is 9.08. The first-order chi connectivity index (χ1) is 10.6. The third kappa shape index (κ3) is 11.8. The molecule has 0 aliphatic heterocycles. The Morgan fingerprint density at radius 3 is 0.724 bits per heavy atom. The molecule has 0 unspecified atom stereocenters. The van der Waals surface area contributed by atoms with Gasteiger partial charge >= 0.3 is 0 Å². The fraction of sp³-hybridized carbons (Fsp3) is 0. The molecule has 0 amide bonds. The molecule has 0 N–H and O–H groups in total. The van der Waals surface area contributed by atoms with Crippen molar-refractivity contribution in [2.75, 3.05) is 4.90 Å². The summed E-state index contributed by atoms with van der Waals surface area (Å²) in [5.41, 5.74) is 3.36. The van der Waals surface area contributed by atoms with E-state index in [0.29, 0.717) is 0 Å². The fourth-order valence-electron chi connectivity index (χ4n) is 2.22. The molecule has 0 atom stereocenters. The third-order valence-corrected chi connectivity index (χ3v) is 4.84. The van der Waals surface area contributed by atoms with E-state index in [4.69, 9.17) is 0 Å². The summed E-state index contributed by atoms with van der Waals surface area (Å²) >= 11 is 10.5. The number of hydrogen-bond acceptors (Lipinski definition) is 1. The zero-order valence-electron chi connectivity index (χ0n) is 14.4. The second kappa shape index (κ2) is 20.1. The molecule has 0 aliphatic rings. The van der Waals surface area contributed by atoms with Gasteiger partial charge in [-0.15, -0.1) is 74.4 Å². The van der Waals surface area contributed by atoms with Gasteiger partial charge in [0.1, 0.15) is 0 Å². The molecule has 0 saturated carbocycles. The van der Waals surface area contributed by atoms with Gasteiger partial charge in [-0.2, -0.15) is 0 Å². The summed E-state index contributed by atoms with van der Waals surface area (Å²) in [7, 11) is 0. The van der Waals surface area contributed by atoms with Gasteiger partial charge in [0.15, 0.2) is 0 Å². The van der Waals surface area contributed by atoms with Crippen LogP contribution in [0.3, 0.4) is 0 Å². The summed E-state index contributed by atoms with van der Waals surface area (Å²) < 4.78 is 3.22. The van der Waals surface area contributed by atoms with Crippen LogP contribution in [0.25, 0.3) is 0 Å². The first kappa shape index (κ1) is 40.8. The van der Waals surface area contributed by atoms with E-state index >= 15 is 0 Å². The van der Waals surface area contributed by atoms with Gasteiger partial charge in [0.05, 0.1) is 0 Å². The van der Waals surface area contributed by atoms with Crippen LogP contribution in [0.5, 0.6) is 0 Å². The molecular weight excluding hydrogens is 804 g/mol. The normalized spacial score (nSPS) is 7.97. The Kier molecular flexibility index (Phi) is 28.3. The first-order valence-electron chi connectivity index (χ1n) is 6.70. The summed E-state index contributed by atoms with van der Waals surface area (Å²) in [6.07, 6.45) is 0. The van der Waals surface area contributed by atoms with E-state index in [-0.39, 0.29) is 98.9 Å². The molecule has 0 heterocycles. The topological polar surface area (TPSA) is 3.24 Å². The number of hydrogen-bond donors (Lipinski definition) is 0. The van der Waals surface area contributed by atoms with Gasteiger partial charge in [-0.05, 0) is 72.8 Å². The van der Waals surface area contributed by atoms with Crippen LogP contribution in [0.1, 0.15) is 0 Å². The van der Waals surface area contributed by atoms with Gasteiger partial charge in [-0.25, -0.2) is 0 Å². The maximum absolute atomic E-state index is 3.50. The van der Waals surface area contributed by atoms with Crippen molar-refractivity contribution < 1.29 is 0 Å². The quantitative estimate of drug-likeness (QED) is 0.238. The molecule has 0 saturated heterocycles. The van der Waals surface area contributed by atoms with E-state index in [1.165, 1.54) is 0 Å². The Labute approximate surface area is 251 Å². The molecule has 1 nitrogen and oxygen atoms in total. The number of benzene rings is 3. The Bertz CT molecular complexity index is 669. The van der Waals surface area contributed by atoms with Crippen LogP contribution >= 0.6 is 122 Å². The minimum absolute atomic E-state index is 0. The maximum atomic E-state index is 3.50. The number of anilines is 3. The van der Waals surface area contributed by atoms with Crippen molar-refractivity contribution in [2.45, 2.75) is 0 Å². The van der Waals surface area contributed by atoms with Crippen LogP contribution in [0.4, 0.5) is 17.1 Å². The Morgan fingerprint density at radius 1 is 0.379 bits per heavy atom. The van der Waals surface area contributed by atoms with Crippen LogP contribution in [0.15, 0.2) is 86.2 Å². The molecule has 0 aliphatic carbocycles. The van der Waals surface area contributed by atoms with Crippen LogP contribution in [0.2, 0.25) is 0 Å². The van der Waals surface area contributed by atoms with Crippen molar-refractivity contribution >= 4 is 164 Å². The van der Waals surface area contributed by atoms with E-state index < -0.39 is 0 Å². The van der Waals surface area contributed by atoms with Crippen molar-refractivity contribution in [3.05, 3.63) is 86.2 Å². The van der Waals surface area contributed by atoms with Gasteiger partial charge in [0, 0.05) is 54.9 Å². The smallest absolute Gasteiger partial charge is 0.0462 e. The minimum Gasteiger partial charge on any atom is -0.311 e. The summed E-state index contributed by atoms with van der Waals surface area (Å²) in [5.74, 6) is 0. The van der Waals surface area contributed by atoms with Crippen LogP contribution < -0.4 is 4.90 Å². The molecule has 0 fully saturated rings. The maximum Gasteiger partial charge on any atom is 0.0462 e. The number of rotatable bonds is 3. The fourth-order valence-corrected chi connectivity index (χ4v) is 3.01. The molecule has 0 aromatic heterocycles. The van der Waals surface area contributed by atoms with E-state index in [1.54, 1.807) is 0 Å². The summed E-state index contributed by atoms with van der Waals surface area (Å²) in [6, 6.07) is 25.0. The molecule has 3 radical (unpaired) electrons. The average Bonchev–Trinajstić information content (AvgIpc) is 2.53. The Balaban J connectivity index is -0.000000274.